The van der Waals surface area contributed by atoms with Gasteiger partial charge in [-0.05, 0) is 73.6 Å². The molecule has 4 amide bonds. The van der Waals surface area contributed by atoms with E-state index in [0.29, 0.717) is 18.9 Å². The number of carbonyl (C=O) groups is 3. The van der Waals surface area contributed by atoms with Crippen molar-refractivity contribution in [3.05, 3.63) is 65.2 Å². The number of rotatable bonds is 7. The van der Waals surface area contributed by atoms with Crippen LogP contribution in [0.2, 0.25) is 0 Å². The lowest BCUT2D eigenvalue weighted by molar-refractivity contribution is -0.142. The third kappa shape index (κ3) is 3.90. The normalized spacial score (nSPS) is 22.5. The van der Waals surface area contributed by atoms with E-state index in [0.717, 1.165) is 40.9 Å². The maximum atomic E-state index is 13.6. The standard InChI is InChI=1S/C27H31N3O3S/c1-18(20-7-5-8-20)29(16-19-10-12-22(34-2)13-11-19)24(31)17-30-25(32)27(28-26(30)33)15-14-21-6-3-4-9-23(21)27/h3-4,6,9-13,18,20H,5,7-8,14-17H2,1-2H3,(H,28,33)/t18-,27?/m0/s1. The van der Waals surface area contributed by atoms with Crippen LogP contribution in [0.4, 0.5) is 4.79 Å². The minimum Gasteiger partial charge on any atom is -0.334 e. The predicted octanol–water partition coefficient (Wildman–Crippen LogP) is 4.32. The van der Waals surface area contributed by atoms with Crippen LogP contribution in [0.3, 0.4) is 0 Å². The fourth-order valence-corrected chi connectivity index (χ4v) is 5.93. The van der Waals surface area contributed by atoms with Gasteiger partial charge < -0.3 is 10.2 Å². The fourth-order valence-electron chi connectivity index (χ4n) is 5.52. The van der Waals surface area contributed by atoms with Gasteiger partial charge in [0, 0.05) is 17.5 Å². The van der Waals surface area contributed by atoms with Gasteiger partial charge in [0.1, 0.15) is 12.1 Å². The zero-order valence-electron chi connectivity index (χ0n) is 19.8. The smallest absolute Gasteiger partial charge is 0.325 e. The van der Waals surface area contributed by atoms with Crippen molar-refractivity contribution in [1.82, 2.24) is 15.1 Å². The number of nitrogens with zero attached hydrogens (tertiary/aromatic N) is 2. The largest absolute Gasteiger partial charge is 0.334 e. The quantitative estimate of drug-likeness (QED) is 0.476. The van der Waals surface area contributed by atoms with Crippen LogP contribution in [0.25, 0.3) is 0 Å². The average molecular weight is 478 g/mol. The lowest BCUT2D eigenvalue weighted by Crippen LogP contribution is -2.49. The van der Waals surface area contributed by atoms with Crippen molar-refractivity contribution in [2.75, 3.05) is 12.8 Å². The first kappa shape index (κ1) is 23.0. The molecule has 2 atom stereocenters. The number of benzene rings is 2. The van der Waals surface area contributed by atoms with Crippen LogP contribution in [0.5, 0.6) is 0 Å². The van der Waals surface area contributed by atoms with E-state index in [1.54, 1.807) is 11.8 Å². The Balaban J connectivity index is 1.36. The van der Waals surface area contributed by atoms with Crippen LogP contribution in [-0.4, -0.2) is 46.5 Å². The molecule has 2 aromatic carbocycles. The molecule has 6 nitrogen and oxygen atoms in total. The SMILES string of the molecule is CSc1ccc(CN(C(=O)CN2C(=O)NC3(CCc4ccccc43)C2=O)[C@@H](C)C2CCC2)cc1. The van der Waals surface area contributed by atoms with Gasteiger partial charge in [-0.1, -0.05) is 42.8 Å². The van der Waals surface area contributed by atoms with E-state index in [1.165, 1.54) is 11.3 Å². The van der Waals surface area contributed by atoms with Crippen molar-refractivity contribution in [2.45, 2.75) is 62.0 Å². The molecule has 1 spiro atoms. The molecule has 7 heteroatoms. The Hall–Kier alpha value is -2.80. The first-order valence-electron chi connectivity index (χ1n) is 12.1. The summed E-state index contributed by atoms with van der Waals surface area (Å²) in [5, 5.41) is 2.93. The number of thioether (sulfide) groups is 1. The molecule has 1 N–H and O–H groups in total. The maximum Gasteiger partial charge on any atom is 0.325 e. The Kier molecular flexibility index (Phi) is 6.15. The zero-order chi connectivity index (χ0) is 23.9. The first-order chi connectivity index (χ1) is 16.4. The van der Waals surface area contributed by atoms with Gasteiger partial charge in [0.15, 0.2) is 0 Å². The predicted molar refractivity (Wildman–Crippen MR) is 132 cm³/mol. The molecule has 0 aromatic heterocycles. The summed E-state index contributed by atoms with van der Waals surface area (Å²) >= 11 is 1.68. The number of urea groups is 1. The molecule has 3 aliphatic rings. The zero-order valence-corrected chi connectivity index (χ0v) is 20.6. The topological polar surface area (TPSA) is 69.7 Å². The molecule has 1 heterocycles. The number of aryl methyl sites for hydroxylation is 1. The molecular weight excluding hydrogens is 446 g/mol. The van der Waals surface area contributed by atoms with E-state index >= 15 is 0 Å². The molecule has 2 aromatic rings. The van der Waals surface area contributed by atoms with Crippen LogP contribution in [-0.2, 0) is 28.1 Å². The van der Waals surface area contributed by atoms with E-state index in [2.05, 4.69) is 36.5 Å². The minimum absolute atomic E-state index is 0.0587. The van der Waals surface area contributed by atoms with Crippen molar-refractivity contribution in [3.63, 3.8) is 0 Å². The third-order valence-corrected chi connectivity index (χ3v) is 8.62. The van der Waals surface area contributed by atoms with Crippen LogP contribution in [0.15, 0.2) is 53.4 Å². The summed E-state index contributed by atoms with van der Waals surface area (Å²) in [5.74, 6) is -0.0258. The van der Waals surface area contributed by atoms with Gasteiger partial charge in [0.2, 0.25) is 5.91 Å². The summed E-state index contributed by atoms with van der Waals surface area (Å²) < 4.78 is 0. The Morgan fingerprint density at radius 1 is 1.18 bits per heavy atom. The Labute approximate surface area is 205 Å². The number of imide groups is 1. The highest BCUT2D eigenvalue weighted by molar-refractivity contribution is 7.98. The fraction of sp³-hybridized carbons (Fsp3) is 0.444. The molecule has 34 heavy (non-hydrogen) atoms. The van der Waals surface area contributed by atoms with Gasteiger partial charge in [-0.25, -0.2) is 4.79 Å². The number of carbonyl (C=O) groups excluding carboxylic acids is 3. The van der Waals surface area contributed by atoms with E-state index in [1.807, 2.05) is 35.4 Å². The van der Waals surface area contributed by atoms with Crippen LogP contribution in [0, 0.1) is 5.92 Å². The first-order valence-corrected chi connectivity index (χ1v) is 13.3. The lowest BCUT2D eigenvalue weighted by atomic mass is 9.79. The molecule has 2 fully saturated rings. The number of fused-ring (bicyclic) bond motifs is 2. The van der Waals surface area contributed by atoms with Gasteiger partial charge in [0.25, 0.3) is 5.91 Å². The van der Waals surface area contributed by atoms with E-state index < -0.39 is 11.6 Å². The molecule has 1 saturated heterocycles. The lowest BCUT2D eigenvalue weighted by Gasteiger charge is -2.39. The van der Waals surface area contributed by atoms with Gasteiger partial charge >= 0.3 is 6.03 Å². The molecule has 1 aliphatic heterocycles. The molecule has 1 unspecified atom stereocenters. The highest BCUT2D eigenvalue weighted by Crippen LogP contribution is 2.41. The molecule has 5 rings (SSSR count). The van der Waals surface area contributed by atoms with E-state index in [9.17, 15) is 14.4 Å². The van der Waals surface area contributed by atoms with Crippen molar-refractivity contribution in [1.29, 1.82) is 0 Å². The molecule has 2 aliphatic carbocycles. The summed E-state index contributed by atoms with van der Waals surface area (Å²) in [6, 6.07) is 15.6. The van der Waals surface area contributed by atoms with Crippen LogP contribution >= 0.6 is 11.8 Å². The van der Waals surface area contributed by atoms with E-state index in [-0.39, 0.29) is 24.4 Å². The molecule has 178 valence electrons. The maximum absolute atomic E-state index is 13.6. The van der Waals surface area contributed by atoms with E-state index in [4.69, 9.17) is 0 Å². The van der Waals surface area contributed by atoms with Gasteiger partial charge in [0.05, 0.1) is 0 Å². The highest BCUT2D eigenvalue weighted by atomic mass is 32.2. The third-order valence-electron chi connectivity index (χ3n) is 7.87. The van der Waals surface area contributed by atoms with Crippen molar-refractivity contribution >= 4 is 29.6 Å². The number of hydrogen-bond acceptors (Lipinski definition) is 4. The number of nitrogens with one attached hydrogen (secondary N) is 1. The summed E-state index contributed by atoms with van der Waals surface area (Å²) in [6.07, 6.45) is 6.72. The van der Waals surface area contributed by atoms with Crippen LogP contribution < -0.4 is 5.32 Å². The summed E-state index contributed by atoms with van der Waals surface area (Å²) in [7, 11) is 0. The van der Waals surface area contributed by atoms with Crippen molar-refractivity contribution in [2.24, 2.45) is 5.92 Å². The van der Waals surface area contributed by atoms with Crippen molar-refractivity contribution in [3.8, 4) is 0 Å². The minimum atomic E-state index is -1.04. The molecule has 0 bridgehead atoms. The Morgan fingerprint density at radius 2 is 1.91 bits per heavy atom. The van der Waals surface area contributed by atoms with Crippen molar-refractivity contribution < 1.29 is 14.4 Å². The van der Waals surface area contributed by atoms with Crippen LogP contribution in [0.1, 0.15) is 49.3 Å². The van der Waals surface area contributed by atoms with Gasteiger partial charge in [-0.15, -0.1) is 11.8 Å². The molecular formula is C27H31N3O3S. The molecule has 0 radical (unpaired) electrons. The second-order valence-electron chi connectivity index (χ2n) is 9.69. The van der Waals surface area contributed by atoms with Gasteiger partial charge in [-0.2, -0.15) is 0 Å². The highest BCUT2D eigenvalue weighted by Gasteiger charge is 2.55. The average Bonchev–Trinajstić information content (AvgIpc) is 3.29. The summed E-state index contributed by atoms with van der Waals surface area (Å²) in [4.78, 5) is 44.2. The Bertz CT molecular complexity index is 1110. The monoisotopic (exact) mass is 477 g/mol. The second kappa shape index (κ2) is 9.10. The summed E-state index contributed by atoms with van der Waals surface area (Å²) in [5.41, 5.74) is 1.96. The molecule has 1 saturated carbocycles. The second-order valence-corrected chi connectivity index (χ2v) is 10.6. The number of hydrogen-bond donors (Lipinski definition) is 1. The Morgan fingerprint density at radius 3 is 2.59 bits per heavy atom. The van der Waals surface area contributed by atoms with Gasteiger partial charge in [-0.3, -0.25) is 14.5 Å². The summed E-state index contributed by atoms with van der Waals surface area (Å²) in [6.45, 7) is 2.34. The number of amides is 4.